The topological polar surface area (TPSA) is 118 Å². The van der Waals surface area contributed by atoms with E-state index in [4.69, 9.17) is 5.26 Å². The van der Waals surface area contributed by atoms with E-state index in [9.17, 15) is 14.9 Å². The molecule has 0 aliphatic heterocycles. The van der Waals surface area contributed by atoms with Crippen LogP contribution in [0.25, 0.3) is 0 Å². The highest BCUT2D eigenvalue weighted by Gasteiger charge is 2.23. The Morgan fingerprint density at radius 1 is 1.62 bits per heavy atom. The highest BCUT2D eigenvalue weighted by Crippen LogP contribution is 2.33. The number of hydrogen-bond donors (Lipinski definition) is 1. The van der Waals surface area contributed by atoms with Crippen LogP contribution in [0, 0.1) is 21.6 Å². The summed E-state index contributed by atoms with van der Waals surface area (Å²) in [5, 5.41) is 22.2. The van der Waals surface area contributed by atoms with E-state index in [2.05, 4.69) is 31.0 Å². The largest absolute Gasteiger partial charge is 0.465 e. The molecule has 0 aliphatic rings. The van der Waals surface area contributed by atoms with Crippen molar-refractivity contribution in [3.05, 3.63) is 32.3 Å². The van der Waals surface area contributed by atoms with Gasteiger partial charge in [0.2, 0.25) is 0 Å². The number of carbonyl (C=O) groups is 1. The second kappa shape index (κ2) is 7.61. The Morgan fingerprint density at radius 3 is 2.76 bits per heavy atom. The van der Waals surface area contributed by atoms with Gasteiger partial charge in [-0.05, 0) is 28.3 Å². The molecule has 0 heterocycles. The number of nitrogens with one attached hydrogen (secondary N) is 1. The zero-order chi connectivity index (χ0) is 16.0. The van der Waals surface area contributed by atoms with Crippen molar-refractivity contribution in [2.45, 2.75) is 0 Å². The second-order valence-electron chi connectivity index (χ2n) is 3.43. The molecular formula is C11H9BrN4O4S. The molecule has 0 amide bonds. The Bertz CT molecular complexity index is 656. The molecule has 0 atom stereocenters. The van der Waals surface area contributed by atoms with Gasteiger partial charge in [-0.1, -0.05) is 11.8 Å². The van der Waals surface area contributed by atoms with Gasteiger partial charge in [-0.25, -0.2) is 9.79 Å². The summed E-state index contributed by atoms with van der Waals surface area (Å²) < 4.78 is 4.83. The van der Waals surface area contributed by atoms with Crippen LogP contribution < -0.4 is 5.32 Å². The molecule has 1 N–H and O–H groups in total. The van der Waals surface area contributed by atoms with Crippen LogP contribution >= 0.6 is 27.7 Å². The van der Waals surface area contributed by atoms with Gasteiger partial charge in [0.1, 0.15) is 5.56 Å². The number of thioether (sulfide) groups is 1. The molecule has 21 heavy (non-hydrogen) atoms. The van der Waals surface area contributed by atoms with Crippen LogP contribution in [0.2, 0.25) is 0 Å². The maximum absolute atomic E-state index is 11.6. The van der Waals surface area contributed by atoms with E-state index < -0.39 is 16.6 Å². The van der Waals surface area contributed by atoms with Crippen LogP contribution in [-0.2, 0) is 4.74 Å². The van der Waals surface area contributed by atoms with Crippen LogP contribution in [-0.4, -0.2) is 29.4 Å². The quantitative estimate of drug-likeness (QED) is 0.165. The lowest BCUT2D eigenvalue weighted by Crippen LogP contribution is -2.12. The molecule has 0 saturated carbocycles. The summed E-state index contributed by atoms with van der Waals surface area (Å²) in [5.74, 6) is -0.843. The number of methoxy groups -OCH3 is 1. The van der Waals surface area contributed by atoms with Crippen molar-refractivity contribution in [2.75, 3.05) is 13.4 Å². The molecule has 1 aromatic rings. The minimum Gasteiger partial charge on any atom is -0.465 e. The van der Waals surface area contributed by atoms with Gasteiger partial charge in [-0.15, -0.1) is 0 Å². The number of nitro groups is 1. The number of ether oxygens (including phenoxy) is 1. The monoisotopic (exact) mass is 372 g/mol. The number of nitro benzene ring substituents is 1. The van der Waals surface area contributed by atoms with Crippen molar-refractivity contribution in [2.24, 2.45) is 4.99 Å². The highest BCUT2D eigenvalue weighted by molar-refractivity contribution is 9.10. The number of amidine groups is 1. The molecule has 110 valence electrons. The number of esters is 1. The van der Waals surface area contributed by atoms with E-state index in [1.54, 1.807) is 12.4 Å². The van der Waals surface area contributed by atoms with Gasteiger partial charge in [0.25, 0.3) is 5.69 Å². The van der Waals surface area contributed by atoms with Crippen LogP contribution in [0.5, 0.6) is 0 Å². The molecule has 0 bridgehead atoms. The van der Waals surface area contributed by atoms with Crippen LogP contribution in [0.1, 0.15) is 10.4 Å². The van der Waals surface area contributed by atoms with Gasteiger partial charge in [-0.3, -0.25) is 15.4 Å². The first-order valence-electron chi connectivity index (χ1n) is 5.28. The fourth-order valence-electron chi connectivity index (χ4n) is 1.34. The molecule has 0 fully saturated rings. The van der Waals surface area contributed by atoms with Gasteiger partial charge in [0.15, 0.2) is 11.4 Å². The van der Waals surface area contributed by atoms with E-state index >= 15 is 0 Å². The first kappa shape index (κ1) is 16.9. The first-order chi connectivity index (χ1) is 9.94. The summed E-state index contributed by atoms with van der Waals surface area (Å²) in [4.78, 5) is 26.0. The van der Waals surface area contributed by atoms with Crippen LogP contribution in [0.3, 0.4) is 0 Å². The lowest BCUT2D eigenvalue weighted by atomic mass is 10.1. The van der Waals surface area contributed by atoms with Crippen molar-refractivity contribution < 1.29 is 14.5 Å². The van der Waals surface area contributed by atoms with E-state index in [-0.39, 0.29) is 16.4 Å². The maximum Gasteiger partial charge on any atom is 0.344 e. The fraction of sp³-hybridized carbons (Fsp3) is 0.182. The first-order valence-corrected chi connectivity index (χ1v) is 7.30. The summed E-state index contributed by atoms with van der Waals surface area (Å²) in [7, 11) is 1.13. The Hall–Kier alpha value is -2.12. The summed E-state index contributed by atoms with van der Waals surface area (Å²) >= 11 is 4.32. The van der Waals surface area contributed by atoms with Gasteiger partial charge in [0, 0.05) is 6.07 Å². The lowest BCUT2D eigenvalue weighted by Gasteiger charge is -2.06. The van der Waals surface area contributed by atoms with Crippen molar-refractivity contribution >= 4 is 50.2 Å². The predicted octanol–water partition coefficient (Wildman–Crippen LogP) is 2.57. The third-order valence-electron chi connectivity index (χ3n) is 2.25. The van der Waals surface area contributed by atoms with Gasteiger partial charge in [0.05, 0.1) is 22.2 Å². The fourth-order valence-corrected chi connectivity index (χ4v) is 2.10. The third-order valence-corrected chi connectivity index (χ3v) is 3.46. The SMILES string of the molecule is COC(=O)c1cc(N=C(NC#N)SC)c(Br)cc1[N+](=O)[O-]. The van der Waals surface area contributed by atoms with Gasteiger partial charge < -0.3 is 4.74 Å². The zero-order valence-electron chi connectivity index (χ0n) is 10.9. The van der Waals surface area contributed by atoms with Crippen LogP contribution in [0.15, 0.2) is 21.6 Å². The van der Waals surface area contributed by atoms with Crippen molar-refractivity contribution in [3.8, 4) is 6.19 Å². The minimum atomic E-state index is -0.843. The Morgan fingerprint density at radius 2 is 2.29 bits per heavy atom. The average molecular weight is 373 g/mol. The smallest absolute Gasteiger partial charge is 0.344 e. The van der Waals surface area contributed by atoms with E-state index in [0.717, 1.165) is 13.2 Å². The summed E-state index contributed by atoms with van der Waals surface area (Å²) in [5.41, 5.74) is -0.360. The van der Waals surface area contributed by atoms with Gasteiger partial charge in [-0.2, -0.15) is 5.26 Å². The molecule has 0 radical (unpaired) electrons. The predicted molar refractivity (Wildman–Crippen MR) is 81.5 cm³/mol. The lowest BCUT2D eigenvalue weighted by molar-refractivity contribution is -0.385. The number of rotatable bonds is 3. The Labute approximate surface area is 132 Å². The van der Waals surface area contributed by atoms with E-state index in [1.807, 2.05) is 0 Å². The molecule has 1 rings (SSSR count). The standard InChI is InChI=1S/C11H9BrN4O4S/c1-20-10(17)6-3-8(15-11(21-2)14-5-13)7(12)4-9(6)16(18)19/h3-4H,1-2H3,(H,14,15). The second-order valence-corrected chi connectivity index (χ2v) is 5.08. The Balaban J connectivity index is 3.46. The number of benzene rings is 1. The van der Waals surface area contributed by atoms with Crippen molar-refractivity contribution in [3.63, 3.8) is 0 Å². The van der Waals surface area contributed by atoms with E-state index in [1.165, 1.54) is 17.8 Å². The van der Waals surface area contributed by atoms with Crippen molar-refractivity contribution in [1.29, 1.82) is 5.26 Å². The third kappa shape index (κ3) is 4.17. The molecule has 0 saturated heterocycles. The normalized spacial score (nSPS) is 10.7. The molecule has 10 heteroatoms. The number of carbonyl (C=O) groups excluding carboxylic acids is 1. The number of halogens is 1. The zero-order valence-corrected chi connectivity index (χ0v) is 13.3. The molecule has 0 aliphatic carbocycles. The summed E-state index contributed by atoms with van der Waals surface area (Å²) in [6.45, 7) is 0. The van der Waals surface area contributed by atoms with Gasteiger partial charge >= 0.3 is 5.97 Å². The Kier molecular flexibility index (Phi) is 6.13. The molecule has 0 aromatic heterocycles. The minimum absolute atomic E-state index is 0.220. The molecule has 0 unspecified atom stereocenters. The number of nitriles is 1. The maximum atomic E-state index is 11.6. The molecule has 1 aromatic carbocycles. The summed E-state index contributed by atoms with van der Waals surface area (Å²) in [6.07, 6.45) is 3.42. The molecule has 0 spiro atoms. The van der Waals surface area contributed by atoms with Crippen molar-refractivity contribution in [1.82, 2.24) is 5.32 Å². The average Bonchev–Trinajstić information content (AvgIpc) is 2.47. The van der Waals surface area contributed by atoms with Crippen LogP contribution in [0.4, 0.5) is 11.4 Å². The number of hydrogen-bond acceptors (Lipinski definition) is 7. The number of aliphatic imine (C=N–C) groups is 1. The molecule has 8 nitrogen and oxygen atoms in total. The summed E-state index contributed by atoms with van der Waals surface area (Å²) in [6, 6.07) is 2.39. The molecular weight excluding hydrogens is 364 g/mol. The van der Waals surface area contributed by atoms with E-state index in [0.29, 0.717) is 4.47 Å². The highest BCUT2D eigenvalue weighted by atomic mass is 79.9. The number of nitrogens with zero attached hydrogens (tertiary/aromatic N) is 3.